The van der Waals surface area contributed by atoms with Gasteiger partial charge in [-0.1, -0.05) is 41.4 Å². The summed E-state index contributed by atoms with van der Waals surface area (Å²) in [5.74, 6) is 1.44. The number of rotatable bonds is 7. The van der Waals surface area contributed by atoms with E-state index in [9.17, 15) is 0 Å². The smallest absolute Gasteiger partial charge is 0.138 e. The van der Waals surface area contributed by atoms with E-state index in [4.69, 9.17) is 38.4 Å². The Hall–Kier alpha value is -1.42. The molecule has 0 atom stereocenters. The maximum Gasteiger partial charge on any atom is 0.138 e. The zero-order valence-corrected chi connectivity index (χ0v) is 13.0. The highest BCUT2D eigenvalue weighted by molar-refractivity contribution is 6.35. The standard InChI is InChI=1S/C16H17Cl2NO2/c17-13-5-6-16(14(18)11-13)21-10-9-20-15-4-2-1-3-12(15)7-8-19/h1-6,11H,7-10,19H2. The minimum absolute atomic E-state index is 0.401. The fourth-order valence-electron chi connectivity index (χ4n) is 1.90. The molecule has 0 spiro atoms. The van der Waals surface area contributed by atoms with Crippen molar-refractivity contribution in [2.45, 2.75) is 6.42 Å². The average Bonchev–Trinajstić information content (AvgIpc) is 2.47. The highest BCUT2D eigenvalue weighted by atomic mass is 35.5. The molecule has 0 aliphatic carbocycles. The van der Waals surface area contributed by atoms with E-state index in [1.165, 1.54) is 0 Å². The van der Waals surface area contributed by atoms with Crippen molar-refractivity contribution < 1.29 is 9.47 Å². The molecule has 0 saturated carbocycles. The fraction of sp³-hybridized carbons (Fsp3) is 0.250. The molecule has 21 heavy (non-hydrogen) atoms. The molecule has 0 aliphatic heterocycles. The van der Waals surface area contributed by atoms with Crippen molar-refractivity contribution in [3.05, 3.63) is 58.1 Å². The highest BCUT2D eigenvalue weighted by Gasteiger charge is 2.04. The van der Waals surface area contributed by atoms with Gasteiger partial charge in [0.25, 0.3) is 0 Å². The monoisotopic (exact) mass is 325 g/mol. The first-order valence-corrected chi connectivity index (χ1v) is 7.45. The number of ether oxygens (including phenoxy) is 2. The fourth-order valence-corrected chi connectivity index (χ4v) is 2.37. The van der Waals surface area contributed by atoms with Gasteiger partial charge in [-0.15, -0.1) is 0 Å². The molecule has 3 nitrogen and oxygen atoms in total. The van der Waals surface area contributed by atoms with Crippen molar-refractivity contribution in [2.24, 2.45) is 5.73 Å². The zero-order chi connectivity index (χ0) is 15.1. The van der Waals surface area contributed by atoms with E-state index in [1.807, 2.05) is 24.3 Å². The Balaban J connectivity index is 1.84. The number of benzene rings is 2. The summed E-state index contributed by atoms with van der Waals surface area (Å²) < 4.78 is 11.3. The van der Waals surface area contributed by atoms with Gasteiger partial charge in [-0.25, -0.2) is 0 Å². The Labute approximate surface area is 134 Å². The highest BCUT2D eigenvalue weighted by Crippen LogP contribution is 2.27. The second-order valence-corrected chi connectivity index (χ2v) is 5.26. The summed E-state index contributed by atoms with van der Waals surface area (Å²) in [5, 5.41) is 1.07. The third-order valence-electron chi connectivity index (χ3n) is 2.88. The molecular formula is C16H17Cl2NO2. The molecule has 0 unspecified atom stereocenters. The number of hydrogen-bond donors (Lipinski definition) is 1. The van der Waals surface area contributed by atoms with Gasteiger partial charge in [-0.3, -0.25) is 0 Å². The lowest BCUT2D eigenvalue weighted by atomic mass is 10.1. The molecule has 0 radical (unpaired) electrons. The van der Waals surface area contributed by atoms with Crippen LogP contribution in [0, 0.1) is 0 Å². The maximum absolute atomic E-state index is 6.03. The first-order valence-electron chi connectivity index (χ1n) is 6.69. The molecule has 0 aromatic heterocycles. The number of para-hydroxylation sites is 1. The second kappa shape index (κ2) is 8.13. The zero-order valence-electron chi connectivity index (χ0n) is 11.5. The van der Waals surface area contributed by atoms with E-state index in [-0.39, 0.29) is 0 Å². The van der Waals surface area contributed by atoms with Crippen LogP contribution in [0.3, 0.4) is 0 Å². The van der Waals surface area contributed by atoms with Gasteiger partial charge in [0, 0.05) is 5.02 Å². The van der Waals surface area contributed by atoms with Crippen LogP contribution in [0.15, 0.2) is 42.5 Å². The topological polar surface area (TPSA) is 44.5 Å². The normalized spacial score (nSPS) is 10.4. The van der Waals surface area contributed by atoms with E-state index in [0.717, 1.165) is 17.7 Å². The lowest BCUT2D eigenvalue weighted by Gasteiger charge is -2.12. The van der Waals surface area contributed by atoms with E-state index in [0.29, 0.717) is 35.6 Å². The van der Waals surface area contributed by atoms with Crippen LogP contribution in [0.2, 0.25) is 10.0 Å². The number of nitrogens with two attached hydrogens (primary N) is 1. The van der Waals surface area contributed by atoms with Crippen molar-refractivity contribution in [1.82, 2.24) is 0 Å². The van der Waals surface area contributed by atoms with Crippen LogP contribution in [0.5, 0.6) is 11.5 Å². The lowest BCUT2D eigenvalue weighted by Crippen LogP contribution is -2.11. The van der Waals surface area contributed by atoms with Crippen molar-refractivity contribution >= 4 is 23.2 Å². The van der Waals surface area contributed by atoms with Gasteiger partial charge in [0.15, 0.2) is 0 Å². The molecule has 0 bridgehead atoms. The van der Waals surface area contributed by atoms with E-state index < -0.39 is 0 Å². The van der Waals surface area contributed by atoms with Crippen LogP contribution in [0.25, 0.3) is 0 Å². The Morgan fingerprint density at radius 3 is 2.33 bits per heavy atom. The van der Waals surface area contributed by atoms with Gasteiger partial charge < -0.3 is 15.2 Å². The van der Waals surface area contributed by atoms with Crippen molar-refractivity contribution in [3.8, 4) is 11.5 Å². The largest absolute Gasteiger partial charge is 0.490 e. The summed E-state index contributed by atoms with van der Waals surface area (Å²) in [6.45, 7) is 1.43. The van der Waals surface area contributed by atoms with Crippen LogP contribution < -0.4 is 15.2 Å². The Morgan fingerprint density at radius 1 is 0.905 bits per heavy atom. The quantitative estimate of drug-likeness (QED) is 0.784. The van der Waals surface area contributed by atoms with Crippen LogP contribution in [0.4, 0.5) is 0 Å². The molecule has 112 valence electrons. The summed E-state index contributed by atoms with van der Waals surface area (Å²) in [7, 11) is 0. The molecule has 0 amide bonds. The van der Waals surface area contributed by atoms with Crippen molar-refractivity contribution in [2.75, 3.05) is 19.8 Å². The number of hydrogen-bond acceptors (Lipinski definition) is 3. The van der Waals surface area contributed by atoms with Crippen LogP contribution in [0.1, 0.15) is 5.56 Å². The van der Waals surface area contributed by atoms with Gasteiger partial charge >= 0.3 is 0 Å². The van der Waals surface area contributed by atoms with Crippen LogP contribution in [-0.4, -0.2) is 19.8 Å². The summed E-state index contributed by atoms with van der Waals surface area (Å²) in [5.41, 5.74) is 6.68. The third kappa shape index (κ3) is 4.81. The molecule has 0 saturated heterocycles. The molecule has 2 rings (SSSR count). The summed E-state index contributed by atoms with van der Waals surface area (Å²) in [6, 6.07) is 13.0. The Kier molecular flexibility index (Phi) is 6.18. The Bertz CT molecular complexity index is 590. The first-order chi connectivity index (χ1) is 10.2. The first kappa shape index (κ1) is 16.0. The summed E-state index contributed by atoms with van der Waals surface area (Å²) in [4.78, 5) is 0. The number of halogens is 2. The third-order valence-corrected chi connectivity index (χ3v) is 3.41. The average molecular weight is 326 g/mol. The lowest BCUT2D eigenvalue weighted by molar-refractivity contribution is 0.216. The van der Waals surface area contributed by atoms with E-state index in [2.05, 4.69) is 0 Å². The molecular weight excluding hydrogens is 309 g/mol. The molecule has 2 aromatic carbocycles. The van der Waals surface area contributed by atoms with Gasteiger partial charge in [0.05, 0.1) is 5.02 Å². The second-order valence-electron chi connectivity index (χ2n) is 4.42. The van der Waals surface area contributed by atoms with Crippen molar-refractivity contribution in [3.63, 3.8) is 0 Å². The van der Waals surface area contributed by atoms with Crippen LogP contribution >= 0.6 is 23.2 Å². The van der Waals surface area contributed by atoms with E-state index >= 15 is 0 Å². The van der Waals surface area contributed by atoms with Gasteiger partial charge in [0.2, 0.25) is 0 Å². The predicted octanol–water partition coefficient (Wildman–Crippen LogP) is 3.95. The minimum atomic E-state index is 0.401. The van der Waals surface area contributed by atoms with Gasteiger partial charge in [-0.2, -0.15) is 0 Å². The van der Waals surface area contributed by atoms with Gasteiger partial charge in [0.1, 0.15) is 24.7 Å². The SMILES string of the molecule is NCCc1ccccc1OCCOc1ccc(Cl)cc1Cl. The molecule has 5 heteroatoms. The molecule has 2 N–H and O–H groups in total. The van der Waals surface area contributed by atoms with Crippen molar-refractivity contribution in [1.29, 1.82) is 0 Å². The van der Waals surface area contributed by atoms with Crippen LogP contribution in [-0.2, 0) is 6.42 Å². The maximum atomic E-state index is 6.03. The van der Waals surface area contributed by atoms with E-state index in [1.54, 1.807) is 18.2 Å². The van der Waals surface area contributed by atoms with Gasteiger partial charge in [-0.05, 0) is 42.8 Å². The summed E-state index contributed by atoms with van der Waals surface area (Å²) >= 11 is 11.9. The predicted molar refractivity (Wildman–Crippen MR) is 86.7 cm³/mol. The Morgan fingerprint density at radius 2 is 1.62 bits per heavy atom. The molecule has 0 fully saturated rings. The molecule has 0 heterocycles. The summed E-state index contributed by atoms with van der Waals surface area (Å²) in [6.07, 6.45) is 0.792. The molecule has 2 aromatic rings. The minimum Gasteiger partial charge on any atom is -0.490 e. The molecule has 0 aliphatic rings.